The summed E-state index contributed by atoms with van der Waals surface area (Å²) in [5.41, 5.74) is 6.44. The Morgan fingerprint density at radius 2 is 2.07 bits per heavy atom. The maximum absolute atomic E-state index is 5.52. The lowest BCUT2D eigenvalue weighted by molar-refractivity contribution is 0.378. The zero-order chi connectivity index (χ0) is 18.2. The summed E-state index contributed by atoms with van der Waals surface area (Å²) in [6, 6.07) is 5.98. The minimum Gasteiger partial charge on any atom is -0.339 e. The van der Waals surface area contributed by atoms with Crippen LogP contribution in [0.5, 0.6) is 0 Å². The third-order valence-corrected chi connectivity index (χ3v) is 5.03. The van der Waals surface area contributed by atoms with Gasteiger partial charge in [-0.1, -0.05) is 11.2 Å². The Morgan fingerprint density at radius 3 is 2.93 bits per heavy atom. The number of nitrogens with one attached hydrogen (secondary N) is 1. The summed E-state index contributed by atoms with van der Waals surface area (Å²) in [6.45, 7) is 3.81. The molecule has 1 aliphatic rings. The van der Waals surface area contributed by atoms with Crippen molar-refractivity contribution in [3.8, 4) is 11.4 Å². The first kappa shape index (κ1) is 21.2. The first-order chi connectivity index (χ1) is 13.3. The van der Waals surface area contributed by atoms with Crippen LogP contribution < -0.4 is 5.32 Å². The molecule has 152 valence electrons. The molecule has 5 heterocycles. The van der Waals surface area contributed by atoms with E-state index in [1.807, 2.05) is 48.1 Å². The monoisotopic (exact) mass is 432 g/mol. The number of pyridine rings is 2. The van der Waals surface area contributed by atoms with Crippen LogP contribution in [0.2, 0.25) is 0 Å². The Hall–Kier alpha value is -2.48. The second-order valence-corrected chi connectivity index (χ2v) is 6.86. The van der Waals surface area contributed by atoms with Crippen molar-refractivity contribution in [2.45, 2.75) is 32.7 Å². The summed E-state index contributed by atoms with van der Waals surface area (Å²) in [5, 5.41) is 7.62. The van der Waals surface area contributed by atoms with Crippen molar-refractivity contribution in [3.63, 3.8) is 0 Å². The predicted molar refractivity (Wildman–Crippen MR) is 115 cm³/mol. The second-order valence-electron chi connectivity index (χ2n) is 6.86. The maximum atomic E-state index is 5.52. The highest BCUT2D eigenvalue weighted by molar-refractivity contribution is 5.85. The highest BCUT2D eigenvalue weighted by atomic mass is 35.5. The third kappa shape index (κ3) is 4.12. The van der Waals surface area contributed by atoms with Crippen LogP contribution in [0.1, 0.15) is 28.4 Å². The molecule has 7 nitrogen and oxygen atoms in total. The van der Waals surface area contributed by atoms with Gasteiger partial charge in [0.1, 0.15) is 5.65 Å². The van der Waals surface area contributed by atoms with Crippen LogP contribution in [0.4, 0.5) is 0 Å². The van der Waals surface area contributed by atoms with Gasteiger partial charge in [0.15, 0.2) is 0 Å². The lowest BCUT2D eigenvalue weighted by Crippen LogP contribution is -2.24. The minimum absolute atomic E-state index is 0. The Labute approximate surface area is 180 Å². The number of halogens is 2. The van der Waals surface area contributed by atoms with Gasteiger partial charge in [-0.05, 0) is 49.6 Å². The maximum Gasteiger partial charge on any atom is 0.227 e. The van der Waals surface area contributed by atoms with E-state index >= 15 is 0 Å². The van der Waals surface area contributed by atoms with Crippen LogP contribution in [-0.4, -0.2) is 31.1 Å². The van der Waals surface area contributed by atoms with E-state index in [4.69, 9.17) is 4.52 Å². The van der Waals surface area contributed by atoms with E-state index in [2.05, 4.69) is 25.4 Å². The normalized spacial score (nSPS) is 12.9. The molecule has 0 aliphatic carbocycles. The van der Waals surface area contributed by atoms with Crippen LogP contribution in [0.15, 0.2) is 41.3 Å². The molecule has 4 aromatic heterocycles. The molecule has 0 aromatic carbocycles. The Balaban J connectivity index is 0.00000120. The van der Waals surface area contributed by atoms with Crippen molar-refractivity contribution in [2.24, 2.45) is 0 Å². The minimum atomic E-state index is 0. The standard InChI is InChI=1S/C20H20N6O.2ClH/c1-13-19(16-7-8-21-10-14(16)11-22-13)20-24-18(27-25-20)6-5-15-12-26-9-3-2-4-17(26)23-15;;/h2-4,9,11-12,21H,5-8,10H2,1H3;2*1H. The first-order valence-corrected chi connectivity index (χ1v) is 9.21. The fourth-order valence-electron chi connectivity index (χ4n) is 3.67. The van der Waals surface area contributed by atoms with Crippen molar-refractivity contribution in [2.75, 3.05) is 6.54 Å². The van der Waals surface area contributed by atoms with Crippen molar-refractivity contribution >= 4 is 30.5 Å². The van der Waals surface area contributed by atoms with Gasteiger partial charge in [0.05, 0.1) is 5.69 Å². The predicted octanol–water partition coefficient (Wildman–Crippen LogP) is 3.36. The van der Waals surface area contributed by atoms with Gasteiger partial charge in [-0.25, -0.2) is 4.98 Å². The lowest BCUT2D eigenvalue weighted by Gasteiger charge is -2.19. The number of aryl methyl sites for hydroxylation is 3. The van der Waals surface area contributed by atoms with Crippen LogP contribution in [-0.2, 0) is 25.8 Å². The van der Waals surface area contributed by atoms with Gasteiger partial charge >= 0.3 is 0 Å². The molecular formula is C20H22Cl2N6O. The molecule has 0 saturated heterocycles. The van der Waals surface area contributed by atoms with Crippen LogP contribution in [0.25, 0.3) is 17.0 Å². The first-order valence-electron chi connectivity index (χ1n) is 9.21. The molecule has 0 radical (unpaired) electrons. The Kier molecular flexibility index (Phi) is 6.52. The van der Waals surface area contributed by atoms with E-state index in [0.717, 1.165) is 48.5 Å². The van der Waals surface area contributed by atoms with Crippen molar-refractivity contribution < 1.29 is 4.52 Å². The number of nitrogens with zero attached hydrogens (tertiary/aromatic N) is 5. The number of rotatable bonds is 4. The number of fused-ring (bicyclic) bond motifs is 2. The average molecular weight is 433 g/mol. The lowest BCUT2D eigenvalue weighted by atomic mass is 9.95. The number of hydrogen-bond donors (Lipinski definition) is 1. The molecule has 0 bridgehead atoms. The zero-order valence-corrected chi connectivity index (χ0v) is 17.6. The van der Waals surface area contributed by atoms with E-state index in [1.165, 1.54) is 11.1 Å². The van der Waals surface area contributed by atoms with Gasteiger partial charge in [-0.3, -0.25) is 4.98 Å². The van der Waals surface area contributed by atoms with Gasteiger partial charge in [0.25, 0.3) is 0 Å². The van der Waals surface area contributed by atoms with E-state index in [9.17, 15) is 0 Å². The van der Waals surface area contributed by atoms with Gasteiger partial charge in [0, 0.05) is 42.8 Å². The molecule has 0 unspecified atom stereocenters. The molecular weight excluding hydrogens is 411 g/mol. The van der Waals surface area contributed by atoms with E-state index in [1.54, 1.807) is 0 Å². The molecule has 1 aliphatic heterocycles. The van der Waals surface area contributed by atoms with Crippen molar-refractivity contribution in [3.05, 3.63) is 65.2 Å². The number of aromatic nitrogens is 5. The molecule has 4 aromatic rings. The molecule has 0 spiro atoms. The summed E-state index contributed by atoms with van der Waals surface area (Å²) < 4.78 is 7.54. The van der Waals surface area contributed by atoms with Gasteiger partial charge in [-0.15, -0.1) is 24.8 Å². The molecule has 1 N–H and O–H groups in total. The SMILES string of the molecule is Cc1ncc2c(c1-c1noc(CCc3cn4ccccc4n3)n1)CCNC2.Cl.Cl. The number of imidazole rings is 1. The van der Waals surface area contributed by atoms with Gasteiger partial charge in [-0.2, -0.15) is 4.98 Å². The molecule has 0 fully saturated rings. The summed E-state index contributed by atoms with van der Waals surface area (Å²) in [7, 11) is 0. The molecule has 0 amide bonds. The Morgan fingerprint density at radius 1 is 1.17 bits per heavy atom. The largest absolute Gasteiger partial charge is 0.339 e. The highest BCUT2D eigenvalue weighted by Gasteiger charge is 2.21. The quantitative estimate of drug-likeness (QED) is 0.532. The molecule has 0 saturated carbocycles. The summed E-state index contributed by atoms with van der Waals surface area (Å²) in [6.07, 6.45) is 8.38. The molecule has 5 rings (SSSR count). The van der Waals surface area contributed by atoms with E-state index in [0.29, 0.717) is 18.1 Å². The third-order valence-electron chi connectivity index (χ3n) is 5.03. The van der Waals surface area contributed by atoms with Gasteiger partial charge in [0.2, 0.25) is 11.7 Å². The van der Waals surface area contributed by atoms with E-state index in [-0.39, 0.29) is 24.8 Å². The summed E-state index contributed by atoms with van der Waals surface area (Å²) >= 11 is 0. The number of hydrogen-bond acceptors (Lipinski definition) is 6. The molecule has 29 heavy (non-hydrogen) atoms. The Bertz CT molecular complexity index is 1090. The highest BCUT2D eigenvalue weighted by Crippen LogP contribution is 2.28. The van der Waals surface area contributed by atoms with Crippen LogP contribution in [0.3, 0.4) is 0 Å². The zero-order valence-electron chi connectivity index (χ0n) is 16.0. The fraction of sp³-hybridized carbons (Fsp3) is 0.300. The fourth-order valence-corrected chi connectivity index (χ4v) is 3.67. The molecule has 9 heteroatoms. The second kappa shape index (κ2) is 8.90. The van der Waals surface area contributed by atoms with Crippen LogP contribution in [0, 0.1) is 6.92 Å². The van der Waals surface area contributed by atoms with Gasteiger partial charge < -0.3 is 14.2 Å². The van der Waals surface area contributed by atoms with Crippen LogP contribution >= 0.6 is 24.8 Å². The smallest absolute Gasteiger partial charge is 0.227 e. The topological polar surface area (TPSA) is 81.1 Å². The summed E-state index contributed by atoms with van der Waals surface area (Å²) in [4.78, 5) is 13.8. The molecule has 0 atom stereocenters. The van der Waals surface area contributed by atoms with Crippen molar-refractivity contribution in [1.82, 2.24) is 29.8 Å². The van der Waals surface area contributed by atoms with E-state index < -0.39 is 0 Å². The summed E-state index contributed by atoms with van der Waals surface area (Å²) in [5.74, 6) is 1.27. The average Bonchev–Trinajstić information content (AvgIpc) is 3.32. The van der Waals surface area contributed by atoms with Crippen molar-refractivity contribution in [1.29, 1.82) is 0 Å².